The number of rotatable bonds is 4. The summed E-state index contributed by atoms with van der Waals surface area (Å²) in [7, 11) is 1.29. The monoisotopic (exact) mass is 386 g/mol. The second-order valence-corrected chi connectivity index (χ2v) is 6.45. The van der Waals surface area contributed by atoms with Crippen LogP contribution in [0.25, 0.3) is 16.2 Å². The number of methoxy groups -OCH3 is 1. The third-order valence-electron chi connectivity index (χ3n) is 3.52. The van der Waals surface area contributed by atoms with E-state index in [2.05, 4.69) is 30.3 Å². The number of ether oxygens (including phenoxy) is 1. The van der Waals surface area contributed by atoms with Gasteiger partial charge in [-0.2, -0.15) is 4.98 Å². The summed E-state index contributed by atoms with van der Waals surface area (Å²) in [4.78, 5) is 16.5. The van der Waals surface area contributed by atoms with E-state index in [4.69, 9.17) is 11.6 Å². The van der Waals surface area contributed by atoms with Gasteiger partial charge in [0.2, 0.25) is 10.9 Å². The molecule has 0 bridgehead atoms. The molecule has 1 aromatic carbocycles. The summed E-state index contributed by atoms with van der Waals surface area (Å²) in [6.45, 7) is 0. The first-order valence-corrected chi connectivity index (χ1v) is 8.69. The lowest BCUT2D eigenvalue weighted by molar-refractivity contribution is 0.0593. The molecule has 8 nitrogen and oxygen atoms in total. The molecule has 3 aromatic heterocycles. The van der Waals surface area contributed by atoms with E-state index >= 15 is 0 Å². The van der Waals surface area contributed by atoms with Crippen LogP contribution in [0.4, 0.5) is 11.8 Å². The summed E-state index contributed by atoms with van der Waals surface area (Å²) in [5.41, 5.74) is 2.02. The second kappa shape index (κ2) is 6.70. The maximum atomic E-state index is 11.4. The summed E-state index contributed by atoms with van der Waals surface area (Å²) in [5, 5.41) is 17.8. The number of carbonyl (C=O) groups excluding carboxylic acids is 1. The minimum atomic E-state index is -0.544. The Labute approximate surface area is 156 Å². The van der Waals surface area contributed by atoms with Crippen molar-refractivity contribution in [1.29, 1.82) is 0 Å². The van der Waals surface area contributed by atoms with Crippen LogP contribution in [0.15, 0.2) is 41.8 Å². The van der Waals surface area contributed by atoms with Crippen LogP contribution in [0, 0.1) is 0 Å². The number of thiazole rings is 1. The first kappa shape index (κ1) is 16.4. The maximum absolute atomic E-state index is 11.4. The van der Waals surface area contributed by atoms with E-state index in [9.17, 15) is 4.79 Å². The number of fused-ring (bicyclic) bond motifs is 1. The highest BCUT2D eigenvalue weighted by molar-refractivity contribution is 7.15. The van der Waals surface area contributed by atoms with Gasteiger partial charge in [0.25, 0.3) is 0 Å². The molecular formula is C16H11ClN6O2S. The summed E-state index contributed by atoms with van der Waals surface area (Å²) < 4.78 is 6.33. The van der Waals surface area contributed by atoms with Crippen LogP contribution in [0.5, 0.6) is 0 Å². The van der Waals surface area contributed by atoms with Crippen molar-refractivity contribution in [2.24, 2.45) is 0 Å². The molecule has 130 valence electrons. The molecule has 0 amide bonds. The third-order valence-corrected chi connectivity index (χ3v) is 4.59. The van der Waals surface area contributed by atoms with E-state index in [0.29, 0.717) is 16.8 Å². The molecule has 0 radical (unpaired) electrons. The van der Waals surface area contributed by atoms with E-state index in [1.165, 1.54) is 24.5 Å². The number of benzene rings is 1. The molecule has 0 aliphatic rings. The number of esters is 1. The molecule has 0 fully saturated rings. The lowest BCUT2D eigenvalue weighted by Crippen LogP contribution is -2.06. The van der Waals surface area contributed by atoms with Gasteiger partial charge >= 0.3 is 5.97 Å². The van der Waals surface area contributed by atoms with Crippen molar-refractivity contribution >= 4 is 45.6 Å². The van der Waals surface area contributed by atoms with Crippen molar-refractivity contribution in [2.45, 2.75) is 0 Å². The van der Waals surface area contributed by atoms with E-state index < -0.39 is 5.97 Å². The minimum absolute atomic E-state index is 0.127. The van der Waals surface area contributed by atoms with Crippen LogP contribution in [0.1, 0.15) is 10.5 Å². The van der Waals surface area contributed by atoms with Gasteiger partial charge in [0.05, 0.1) is 12.8 Å². The standard InChI is InChI=1S/C16H11ClN6O2S/c1-25-14(24)11-6-7-13(21-20-11)18-15-19-16-23(22-15)12(8-26-16)9-2-4-10(17)5-3-9/h2-8H,1H3,(H,18,21,22). The molecule has 0 aliphatic carbocycles. The molecule has 1 N–H and O–H groups in total. The fraction of sp³-hybridized carbons (Fsp3) is 0.0625. The van der Waals surface area contributed by atoms with Crippen molar-refractivity contribution < 1.29 is 9.53 Å². The summed E-state index contributed by atoms with van der Waals surface area (Å²) >= 11 is 7.41. The molecular weight excluding hydrogens is 376 g/mol. The summed E-state index contributed by atoms with van der Waals surface area (Å²) in [6.07, 6.45) is 0. The summed E-state index contributed by atoms with van der Waals surface area (Å²) in [5.74, 6) is 0.258. The lowest BCUT2D eigenvalue weighted by Gasteiger charge is -2.01. The molecule has 0 spiro atoms. The Kier molecular flexibility index (Phi) is 4.23. The van der Waals surface area contributed by atoms with Gasteiger partial charge in [0.15, 0.2) is 11.5 Å². The Morgan fingerprint density at radius 3 is 2.69 bits per heavy atom. The van der Waals surface area contributed by atoms with Crippen LogP contribution < -0.4 is 5.32 Å². The molecule has 0 aliphatic heterocycles. The highest BCUT2D eigenvalue weighted by Crippen LogP contribution is 2.27. The molecule has 0 atom stereocenters. The summed E-state index contributed by atoms with van der Waals surface area (Å²) in [6, 6.07) is 10.6. The number of hydrogen-bond donors (Lipinski definition) is 1. The highest BCUT2D eigenvalue weighted by Gasteiger charge is 2.13. The van der Waals surface area contributed by atoms with Crippen LogP contribution in [0.2, 0.25) is 5.02 Å². The Balaban J connectivity index is 1.60. The smallest absolute Gasteiger partial charge is 0.358 e. The molecule has 26 heavy (non-hydrogen) atoms. The highest BCUT2D eigenvalue weighted by atomic mass is 35.5. The minimum Gasteiger partial charge on any atom is -0.464 e. The van der Waals surface area contributed by atoms with Gasteiger partial charge in [-0.05, 0) is 24.3 Å². The number of hydrogen-bond acceptors (Lipinski definition) is 8. The van der Waals surface area contributed by atoms with Gasteiger partial charge in [0, 0.05) is 16.0 Å². The van der Waals surface area contributed by atoms with Gasteiger partial charge in [-0.15, -0.1) is 26.6 Å². The Morgan fingerprint density at radius 1 is 1.19 bits per heavy atom. The molecule has 4 rings (SSSR count). The van der Waals surface area contributed by atoms with Crippen LogP contribution in [-0.2, 0) is 4.74 Å². The van der Waals surface area contributed by atoms with Crippen molar-refractivity contribution in [1.82, 2.24) is 24.8 Å². The number of nitrogens with zero attached hydrogens (tertiary/aromatic N) is 5. The Bertz CT molecular complexity index is 1070. The molecule has 4 aromatic rings. The van der Waals surface area contributed by atoms with Gasteiger partial charge in [0.1, 0.15) is 0 Å². The lowest BCUT2D eigenvalue weighted by atomic mass is 10.2. The van der Waals surface area contributed by atoms with Crippen molar-refractivity contribution in [2.75, 3.05) is 12.4 Å². The van der Waals surface area contributed by atoms with Crippen LogP contribution in [-0.4, -0.2) is 37.9 Å². The average Bonchev–Trinajstić information content (AvgIpc) is 3.22. The number of carbonyl (C=O) groups is 1. The molecule has 10 heteroatoms. The predicted molar refractivity (Wildman–Crippen MR) is 98.0 cm³/mol. The molecule has 3 heterocycles. The average molecular weight is 387 g/mol. The largest absolute Gasteiger partial charge is 0.464 e. The zero-order valence-electron chi connectivity index (χ0n) is 13.4. The van der Waals surface area contributed by atoms with Gasteiger partial charge in [-0.25, -0.2) is 9.31 Å². The number of nitrogens with one attached hydrogen (secondary N) is 1. The topological polar surface area (TPSA) is 94.3 Å². The number of aromatic nitrogens is 5. The van der Waals surface area contributed by atoms with Crippen LogP contribution in [0.3, 0.4) is 0 Å². The van der Waals surface area contributed by atoms with Crippen LogP contribution >= 0.6 is 22.9 Å². The second-order valence-electron chi connectivity index (χ2n) is 5.18. The van der Waals surface area contributed by atoms with E-state index in [-0.39, 0.29) is 5.69 Å². The van der Waals surface area contributed by atoms with Gasteiger partial charge in [-0.3, -0.25) is 0 Å². The Morgan fingerprint density at radius 2 is 2.00 bits per heavy atom. The first-order valence-electron chi connectivity index (χ1n) is 7.43. The fourth-order valence-corrected chi connectivity index (χ4v) is 3.24. The Hall–Kier alpha value is -3.04. The number of anilines is 2. The fourth-order valence-electron chi connectivity index (χ4n) is 2.28. The van der Waals surface area contributed by atoms with Gasteiger partial charge < -0.3 is 10.1 Å². The van der Waals surface area contributed by atoms with Crippen molar-refractivity contribution in [3.63, 3.8) is 0 Å². The molecule has 0 unspecified atom stereocenters. The van der Waals surface area contributed by atoms with Crippen molar-refractivity contribution in [3.8, 4) is 11.3 Å². The van der Waals surface area contributed by atoms with Crippen molar-refractivity contribution in [3.05, 3.63) is 52.5 Å². The maximum Gasteiger partial charge on any atom is 0.358 e. The zero-order valence-corrected chi connectivity index (χ0v) is 15.0. The van der Waals surface area contributed by atoms with E-state index in [1.54, 1.807) is 10.6 Å². The normalized spacial score (nSPS) is 10.8. The third kappa shape index (κ3) is 3.09. The molecule has 0 saturated heterocycles. The SMILES string of the molecule is COC(=O)c1ccc(Nc2nc3scc(-c4ccc(Cl)cc4)n3n2)nn1. The quantitative estimate of drug-likeness (QED) is 0.537. The molecule has 0 saturated carbocycles. The zero-order chi connectivity index (χ0) is 18.1. The number of halogens is 1. The predicted octanol–water partition coefficient (Wildman–Crippen LogP) is 3.43. The first-order chi connectivity index (χ1) is 12.6. The van der Waals surface area contributed by atoms with E-state index in [0.717, 1.165) is 16.2 Å². The van der Waals surface area contributed by atoms with E-state index in [1.807, 2.05) is 29.6 Å². The van der Waals surface area contributed by atoms with Gasteiger partial charge in [-0.1, -0.05) is 23.7 Å².